The average molecular weight is 486 g/mol. The van der Waals surface area contributed by atoms with Crippen LogP contribution in [-0.2, 0) is 14.4 Å². The topological polar surface area (TPSA) is 109 Å². The highest BCUT2D eigenvalue weighted by molar-refractivity contribution is 6.44. The van der Waals surface area contributed by atoms with E-state index in [0.717, 1.165) is 0 Å². The van der Waals surface area contributed by atoms with E-state index < -0.39 is 17.7 Å². The molecule has 0 aliphatic rings. The van der Waals surface area contributed by atoms with Crippen molar-refractivity contribution in [2.75, 3.05) is 18.5 Å². The fraction of sp³-hybridized carbons (Fsp3) is 0.200. The van der Waals surface area contributed by atoms with E-state index in [-0.39, 0.29) is 17.4 Å². The first kappa shape index (κ1) is 24.5. The zero-order valence-electron chi connectivity index (χ0n) is 16.4. The molecule has 31 heavy (non-hydrogen) atoms. The van der Waals surface area contributed by atoms with Crippen LogP contribution in [0, 0.1) is 0 Å². The Morgan fingerprint density at radius 3 is 2.61 bits per heavy atom. The molecular formula is C20H19Cl3N4O4. The van der Waals surface area contributed by atoms with Crippen LogP contribution in [-0.4, -0.2) is 37.1 Å². The Bertz CT molecular complexity index is 998. The predicted molar refractivity (Wildman–Crippen MR) is 121 cm³/mol. The van der Waals surface area contributed by atoms with E-state index >= 15 is 0 Å². The predicted octanol–water partition coefficient (Wildman–Crippen LogP) is 3.64. The van der Waals surface area contributed by atoms with Gasteiger partial charge < -0.3 is 15.4 Å². The van der Waals surface area contributed by atoms with Crippen molar-refractivity contribution in [3.05, 3.63) is 57.0 Å². The monoisotopic (exact) mass is 484 g/mol. The zero-order valence-corrected chi connectivity index (χ0v) is 18.6. The number of ether oxygens (including phenoxy) is 1. The van der Waals surface area contributed by atoms with Gasteiger partial charge in [-0.25, -0.2) is 5.43 Å². The smallest absolute Gasteiger partial charge is 0.329 e. The van der Waals surface area contributed by atoms with Crippen molar-refractivity contribution in [3.63, 3.8) is 0 Å². The minimum Gasteiger partial charge on any atom is -0.483 e. The summed E-state index contributed by atoms with van der Waals surface area (Å²) in [5.74, 6) is -1.89. The molecule has 3 N–H and O–H groups in total. The molecule has 0 unspecified atom stereocenters. The lowest BCUT2D eigenvalue weighted by Gasteiger charge is -2.11. The van der Waals surface area contributed by atoms with Crippen molar-refractivity contribution in [1.82, 2.24) is 10.7 Å². The molecule has 2 rings (SSSR count). The third-order valence-corrected chi connectivity index (χ3v) is 4.72. The van der Waals surface area contributed by atoms with Crippen molar-refractivity contribution in [2.45, 2.75) is 13.3 Å². The van der Waals surface area contributed by atoms with Gasteiger partial charge in [-0.1, -0.05) is 47.8 Å². The number of halogens is 3. The summed E-state index contributed by atoms with van der Waals surface area (Å²) < 4.78 is 5.52. The number of rotatable bonds is 8. The Morgan fingerprint density at radius 1 is 1.10 bits per heavy atom. The first-order valence-electron chi connectivity index (χ1n) is 9.09. The van der Waals surface area contributed by atoms with Crippen LogP contribution in [0.5, 0.6) is 5.75 Å². The number of carbonyl (C=O) groups excluding carboxylic acids is 3. The van der Waals surface area contributed by atoms with Gasteiger partial charge in [0, 0.05) is 17.1 Å². The number of amides is 3. The third kappa shape index (κ3) is 7.75. The summed E-state index contributed by atoms with van der Waals surface area (Å²) in [6.45, 7) is 1.91. The lowest BCUT2D eigenvalue weighted by atomic mass is 10.2. The molecule has 0 aliphatic heterocycles. The maximum Gasteiger partial charge on any atom is 0.329 e. The van der Waals surface area contributed by atoms with Crippen LogP contribution in [0.4, 0.5) is 5.69 Å². The lowest BCUT2D eigenvalue weighted by molar-refractivity contribution is -0.139. The molecule has 0 bridgehead atoms. The van der Waals surface area contributed by atoms with E-state index in [4.69, 9.17) is 39.5 Å². The van der Waals surface area contributed by atoms with Crippen LogP contribution in [0.2, 0.25) is 15.1 Å². The molecule has 0 heterocycles. The minimum atomic E-state index is -0.910. The van der Waals surface area contributed by atoms with Crippen LogP contribution in [0.3, 0.4) is 0 Å². The molecule has 0 radical (unpaired) electrons. The molecule has 0 saturated heterocycles. The van der Waals surface area contributed by atoms with Gasteiger partial charge in [0.15, 0.2) is 6.61 Å². The molecule has 0 aliphatic carbocycles. The molecule has 3 amide bonds. The van der Waals surface area contributed by atoms with Gasteiger partial charge in [0.05, 0.1) is 21.9 Å². The molecule has 164 valence electrons. The van der Waals surface area contributed by atoms with E-state index in [1.165, 1.54) is 12.3 Å². The highest BCUT2D eigenvalue weighted by Crippen LogP contribution is 2.29. The van der Waals surface area contributed by atoms with Crippen molar-refractivity contribution >= 4 is 64.4 Å². The van der Waals surface area contributed by atoms with Crippen LogP contribution >= 0.6 is 34.8 Å². The second-order valence-electron chi connectivity index (χ2n) is 6.08. The molecule has 0 aromatic heterocycles. The van der Waals surface area contributed by atoms with Gasteiger partial charge >= 0.3 is 11.8 Å². The van der Waals surface area contributed by atoms with Crippen LogP contribution < -0.4 is 20.8 Å². The Balaban J connectivity index is 1.99. The first-order chi connectivity index (χ1) is 14.8. The maximum absolute atomic E-state index is 12.2. The van der Waals surface area contributed by atoms with E-state index in [1.54, 1.807) is 30.3 Å². The number of nitrogens with zero attached hydrogens (tertiary/aromatic N) is 1. The first-order valence-corrected chi connectivity index (χ1v) is 10.2. The normalized spacial score (nSPS) is 10.6. The quantitative estimate of drug-likeness (QED) is 0.301. The molecule has 8 nitrogen and oxygen atoms in total. The number of anilines is 1. The van der Waals surface area contributed by atoms with Gasteiger partial charge in [0.1, 0.15) is 5.75 Å². The standard InChI is InChI=1S/C20H19Cl3N4O4/c1-2-8-24-19(29)20(30)27-25-10-12-9-13(21)6-7-16(12)31-11-17(28)26-15-5-3-4-14(22)18(15)23/h3-7,9-10H,2,8,11H2,1H3,(H,24,29)(H,26,28)(H,27,30)/b25-10-. The number of nitrogens with one attached hydrogen (secondary N) is 3. The third-order valence-electron chi connectivity index (χ3n) is 3.67. The summed E-state index contributed by atoms with van der Waals surface area (Å²) in [6.07, 6.45) is 1.94. The van der Waals surface area contributed by atoms with Gasteiger partial charge in [-0.05, 0) is 36.8 Å². The Labute approximate surface area is 193 Å². The van der Waals surface area contributed by atoms with E-state index in [2.05, 4.69) is 21.2 Å². The molecule has 0 fully saturated rings. The Kier molecular flexibility index (Phi) is 9.58. The Hall–Kier alpha value is -2.81. The van der Waals surface area contributed by atoms with Crippen LogP contribution in [0.15, 0.2) is 41.5 Å². The van der Waals surface area contributed by atoms with Crippen molar-refractivity contribution in [3.8, 4) is 5.75 Å². The van der Waals surface area contributed by atoms with E-state index in [1.807, 2.05) is 6.92 Å². The Morgan fingerprint density at radius 2 is 1.87 bits per heavy atom. The molecule has 2 aromatic carbocycles. The molecule has 2 aromatic rings. The minimum absolute atomic E-state index is 0.218. The van der Waals surface area contributed by atoms with Gasteiger partial charge in [-0.15, -0.1) is 0 Å². The van der Waals surface area contributed by atoms with E-state index in [9.17, 15) is 14.4 Å². The number of hydrogen-bond acceptors (Lipinski definition) is 5. The van der Waals surface area contributed by atoms with Crippen molar-refractivity contribution < 1.29 is 19.1 Å². The van der Waals surface area contributed by atoms with Crippen LogP contribution in [0.1, 0.15) is 18.9 Å². The van der Waals surface area contributed by atoms with Gasteiger partial charge in [-0.2, -0.15) is 5.10 Å². The zero-order chi connectivity index (χ0) is 22.8. The summed E-state index contributed by atoms with van der Waals surface area (Å²) in [5.41, 5.74) is 2.85. The highest BCUT2D eigenvalue weighted by Gasteiger charge is 2.12. The molecule has 11 heteroatoms. The maximum atomic E-state index is 12.2. The van der Waals surface area contributed by atoms with E-state index in [0.29, 0.717) is 34.3 Å². The lowest BCUT2D eigenvalue weighted by Crippen LogP contribution is -2.38. The van der Waals surface area contributed by atoms with Crippen molar-refractivity contribution in [2.24, 2.45) is 5.10 Å². The number of hydrogen-bond donors (Lipinski definition) is 3. The average Bonchev–Trinajstić information content (AvgIpc) is 2.74. The number of carbonyl (C=O) groups is 3. The second kappa shape index (κ2) is 12.1. The molecule has 0 spiro atoms. The number of benzene rings is 2. The molecular weight excluding hydrogens is 467 g/mol. The summed E-state index contributed by atoms with van der Waals surface area (Å²) in [4.78, 5) is 35.4. The molecule has 0 saturated carbocycles. The highest BCUT2D eigenvalue weighted by atomic mass is 35.5. The summed E-state index contributed by atoms with van der Waals surface area (Å²) in [5, 5.41) is 9.67. The fourth-order valence-corrected chi connectivity index (χ4v) is 2.74. The summed E-state index contributed by atoms with van der Waals surface area (Å²) >= 11 is 18.0. The summed E-state index contributed by atoms with van der Waals surface area (Å²) in [7, 11) is 0. The second-order valence-corrected chi connectivity index (χ2v) is 7.30. The molecule has 0 atom stereocenters. The van der Waals surface area contributed by atoms with Gasteiger partial charge in [0.2, 0.25) is 0 Å². The summed E-state index contributed by atoms with van der Waals surface area (Å²) in [6, 6.07) is 9.48. The van der Waals surface area contributed by atoms with Gasteiger partial charge in [0.25, 0.3) is 5.91 Å². The fourth-order valence-electron chi connectivity index (χ4n) is 2.21. The van der Waals surface area contributed by atoms with Crippen molar-refractivity contribution in [1.29, 1.82) is 0 Å². The number of hydrazone groups is 1. The van der Waals surface area contributed by atoms with Gasteiger partial charge in [-0.3, -0.25) is 14.4 Å². The largest absolute Gasteiger partial charge is 0.483 e. The SMILES string of the molecule is CCCNC(=O)C(=O)N/N=C\c1cc(Cl)ccc1OCC(=O)Nc1cccc(Cl)c1Cl. The van der Waals surface area contributed by atoms with Crippen LogP contribution in [0.25, 0.3) is 0 Å².